The van der Waals surface area contributed by atoms with Crippen LogP contribution in [-0.4, -0.2) is 56.6 Å². The molecular weight excluding hydrogens is 492 g/mol. The van der Waals surface area contributed by atoms with Gasteiger partial charge in [-0.1, -0.05) is 48.5 Å². The Hall–Kier alpha value is -2.30. The van der Waals surface area contributed by atoms with Crippen molar-refractivity contribution in [1.82, 2.24) is 10.1 Å². The highest BCUT2D eigenvalue weighted by Gasteiger charge is 2.17. The van der Waals surface area contributed by atoms with E-state index in [1.807, 2.05) is 54.9 Å². The minimum absolute atomic E-state index is 0.0263. The number of nitrogens with zero attached hydrogens (tertiary/aromatic N) is 2. The van der Waals surface area contributed by atoms with Crippen LogP contribution in [0.4, 0.5) is 0 Å². The number of hydrogen-bond donors (Lipinski definition) is 1. The predicted octanol–water partition coefficient (Wildman–Crippen LogP) is 6.57. The molecule has 0 saturated heterocycles. The summed E-state index contributed by atoms with van der Waals surface area (Å²) in [7, 11) is 7.09. The van der Waals surface area contributed by atoms with Crippen molar-refractivity contribution in [2.75, 3.05) is 41.4 Å². The van der Waals surface area contributed by atoms with Gasteiger partial charge in [0.25, 0.3) is 0 Å². The SMILES string of the molecule is CON(C)CC[C@H](O)c1cccs1.CON(C)CC[C@H](Oc1cccc2ccccc12)c1cccs1. The third-order valence-corrected chi connectivity index (χ3v) is 7.74. The highest BCUT2D eigenvalue weighted by Crippen LogP contribution is 2.32. The van der Waals surface area contributed by atoms with Crippen molar-refractivity contribution in [3.63, 3.8) is 0 Å². The van der Waals surface area contributed by atoms with E-state index in [2.05, 4.69) is 41.8 Å². The lowest BCUT2D eigenvalue weighted by Crippen LogP contribution is -2.21. The molecule has 36 heavy (non-hydrogen) atoms. The van der Waals surface area contributed by atoms with E-state index >= 15 is 0 Å². The van der Waals surface area contributed by atoms with Crippen LogP contribution in [0.2, 0.25) is 0 Å². The van der Waals surface area contributed by atoms with Gasteiger partial charge in [-0.15, -0.1) is 22.7 Å². The maximum atomic E-state index is 9.68. The zero-order chi connectivity index (χ0) is 25.8. The molecule has 0 bridgehead atoms. The van der Waals surface area contributed by atoms with Crippen LogP contribution in [0.25, 0.3) is 10.8 Å². The maximum Gasteiger partial charge on any atom is 0.134 e. The molecule has 4 rings (SSSR count). The van der Waals surface area contributed by atoms with Gasteiger partial charge >= 0.3 is 0 Å². The molecule has 2 heterocycles. The highest BCUT2D eigenvalue weighted by molar-refractivity contribution is 7.10. The minimum atomic E-state index is -0.363. The number of hydroxylamine groups is 4. The summed E-state index contributed by atoms with van der Waals surface area (Å²) in [6.07, 6.45) is 1.23. The molecule has 0 aliphatic rings. The lowest BCUT2D eigenvalue weighted by molar-refractivity contribution is -0.114. The fraction of sp³-hybridized carbons (Fsp3) is 0.357. The van der Waals surface area contributed by atoms with Crippen LogP contribution in [0.3, 0.4) is 0 Å². The third kappa shape index (κ3) is 8.67. The summed E-state index contributed by atoms with van der Waals surface area (Å²) in [4.78, 5) is 12.4. The summed E-state index contributed by atoms with van der Waals surface area (Å²) in [6.45, 7) is 1.54. The zero-order valence-electron chi connectivity index (χ0n) is 21.4. The van der Waals surface area contributed by atoms with E-state index in [-0.39, 0.29) is 12.2 Å². The van der Waals surface area contributed by atoms with E-state index in [4.69, 9.17) is 14.4 Å². The van der Waals surface area contributed by atoms with Crippen LogP contribution >= 0.6 is 22.7 Å². The first-order chi connectivity index (χ1) is 17.5. The van der Waals surface area contributed by atoms with Crippen molar-refractivity contribution in [3.8, 4) is 5.75 Å². The van der Waals surface area contributed by atoms with E-state index in [0.717, 1.165) is 35.5 Å². The number of aliphatic hydroxyl groups is 1. The van der Waals surface area contributed by atoms with Crippen molar-refractivity contribution < 1.29 is 19.5 Å². The van der Waals surface area contributed by atoms with Crippen LogP contribution in [0, 0.1) is 0 Å². The molecule has 0 fully saturated rings. The fourth-order valence-corrected chi connectivity index (χ4v) is 5.13. The Bertz CT molecular complexity index is 1120. The van der Waals surface area contributed by atoms with Crippen molar-refractivity contribution in [2.24, 2.45) is 0 Å². The van der Waals surface area contributed by atoms with Gasteiger partial charge in [0.15, 0.2) is 0 Å². The largest absolute Gasteiger partial charge is 0.484 e. The highest BCUT2D eigenvalue weighted by atomic mass is 32.1. The van der Waals surface area contributed by atoms with Gasteiger partial charge in [0.05, 0.1) is 20.3 Å². The zero-order valence-corrected chi connectivity index (χ0v) is 23.0. The number of benzene rings is 2. The van der Waals surface area contributed by atoms with Crippen molar-refractivity contribution in [3.05, 3.63) is 87.2 Å². The minimum Gasteiger partial charge on any atom is -0.484 e. The molecule has 6 nitrogen and oxygen atoms in total. The van der Waals surface area contributed by atoms with Gasteiger partial charge in [0, 0.05) is 48.7 Å². The van der Waals surface area contributed by atoms with Crippen LogP contribution in [0.5, 0.6) is 5.75 Å². The van der Waals surface area contributed by atoms with Gasteiger partial charge < -0.3 is 19.5 Å². The molecule has 0 unspecified atom stereocenters. The molecule has 0 radical (unpaired) electrons. The van der Waals surface area contributed by atoms with E-state index in [9.17, 15) is 5.11 Å². The number of ether oxygens (including phenoxy) is 1. The molecule has 4 aromatic rings. The second-order valence-electron chi connectivity index (χ2n) is 8.28. The number of thiophene rings is 2. The summed E-state index contributed by atoms with van der Waals surface area (Å²) < 4.78 is 6.40. The topological polar surface area (TPSA) is 54.4 Å². The molecule has 0 aliphatic carbocycles. The average molecular weight is 529 g/mol. The van der Waals surface area contributed by atoms with Crippen molar-refractivity contribution in [1.29, 1.82) is 0 Å². The molecule has 0 spiro atoms. The average Bonchev–Trinajstić information content (AvgIpc) is 3.65. The molecule has 0 saturated carbocycles. The van der Waals surface area contributed by atoms with Crippen LogP contribution in [-0.2, 0) is 9.68 Å². The molecule has 2 atom stereocenters. The predicted molar refractivity (Wildman–Crippen MR) is 149 cm³/mol. The van der Waals surface area contributed by atoms with Crippen molar-refractivity contribution in [2.45, 2.75) is 25.0 Å². The summed E-state index contributed by atoms with van der Waals surface area (Å²) in [5.41, 5.74) is 0. The summed E-state index contributed by atoms with van der Waals surface area (Å²) in [5.74, 6) is 0.932. The molecule has 8 heteroatoms. The normalized spacial score (nSPS) is 13.0. The second-order valence-corrected chi connectivity index (χ2v) is 10.2. The number of rotatable bonds is 12. The molecule has 2 aromatic heterocycles. The third-order valence-electron chi connectivity index (χ3n) is 5.80. The first kappa shape index (κ1) is 28.3. The monoisotopic (exact) mass is 528 g/mol. The van der Waals surface area contributed by atoms with Gasteiger partial charge in [0.2, 0.25) is 0 Å². The second kappa shape index (κ2) is 15.1. The number of fused-ring (bicyclic) bond motifs is 1. The Kier molecular flexibility index (Phi) is 11.8. The Morgan fingerprint density at radius 1 is 0.750 bits per heavy atom. The Morgan fingerprint density at radius 3 is 2.00 bits per heavy atom. The Morgan fingerprint density at radius 2 is 1.36 bits per heavy atom. The van der Waals surface area contributed by atoms with E-state index in [1.54, 1.807) is 42.0 Å². The van der Waals surface area contributed by atoms with Crippen LogP contribution in [0.15, 0.2) is 77.5 Å². The van der Waals surface area contributed by atoms with E-state index < -0.39 is 0 Å². The lowest BCUT2D eigenvalue weighted by Gasteiger charge is -2.21. The van der Waals surface area contributed by atoms with E-state index in [1.165, 1.54) is 10.3 Å². The molecular formula is C28H36N2O4S2. The first-order valence-corrected chi connectivity index (χ1v) is 13.7. The maximum absolute atomic E-state index is 9.68. The van der Waals surface area contributed by atoms with Gasteiger partial charge in [-0.05, 0) is 40.8 Å². The first-order valence-electron chi connectivity index (χ1n) is 11.9. The van der Waals surface area contributed by atoms with Gasteiger partial charge in [-0.2, -0.15) is 10.1 Å². The van der Waals surface area contributed by atoms with Crippen LogP contribution in [0.1, 0.15) is 34.8 Å². The number of hydrogen-bond acceptors (Lipinski definition) is 8. The standard InChI is InChI=1S/C19H21NO2S.C9H15NO2S/c1-20(21-2)13-12-18(19-11-6-14-23-19)22-17-10-5-8-15-7-3-4-9-16(15)17;1-10(12-2)6-5-8(11)9-4-3-7-13-9/h3-11,14,18H,12-13H2,1-2H3;3-4,7-8,11H,5-6H2,1-2H3/t18-;8-/m00/s1. The van der Waals surface area contributed by atoms with E-state index in [0.29, 0.717) is 6.42 Å². The van der Waals surface area contributed by atoms with Gasteiger partial charge in [-0.3, -0.25) is 0 Å². The smallest absolute Gasteiger partial charge is 0.134 e. The quantitative estimate of drug-likeness (QED) is 0.210. The molecule has 2 aromatic carbocycles. The summed E-state index contributed by atoms with van der Waals surface area (Å²) in [5, 5.41) is 19.6. The summed E-state index contributed by atoms with van der Waals surface area (Å²) >= 11 is 3.31. The summed E-state index contributed by atoms with van der Waals surface area (Å²) in [6, 6.07) is 22.6. The molecule has 1 N–H and O–H groups in total. The van der Waals surface area contributed by atoms with Crippen molar-refractivity contribution >= 4 is 33.4 Å². The van der Waals surface area contributed by atoms with Gasteiger partial charge in [0.1, 0.15) is 11.9 Å². The lowest BCUT2D eigenvalue weighted by atomic mass is 10.1. The van der Waals surface area contributed by atoms with Gasteiger partial charge in [-0.25, -0.2) is 0 Å². The van der Waals surface area contributed by atoms with Crippen LogP contribution < -0.4 is 4.74 Å². The Labute approximate surface area is 222 Å². The number of aliphatic hydroxyl groups excluding tert-OH is 1. The molecule has 194 valence electrons. The molecule has 0 aliphatic heterocycles. The Balaban J connectivity index is 0.000000236. The molecule has 0 amide bonds. The fourth-order valence-electron chi connectivity index (χ4n) is 3.59.